The SMILES string of the molecule is O=C(OCCOc1cccnc1)c1ccn2cncc2c1. The van der Waals surface area contributed by atoms with Gasteiger partial charge in [0.25, 0.3) is 0 Å². The summed E-state index contributed by atoms with van der Waals surface area (Å²) in [6.07, 6.45) is 8.40. The van der Waals surface area contributed by atoms with Crippen molar-refractivity contribution < 1.29 is 14.3 Å². The van der Waals surface area contributed by atoms with Gasteiger partial charge in [-0.3, -0.25) is 4.98 Å². The third kappa shape index (κ3) is 3.17. The van der Waals surface area contributed by atoms with Crippen LogP contribution in [-0.4, -0.2) is 33.6 Å². The van der Waals surface area contributed by atoms with Crippen molar-refractivity contribution >= 4 is 11.5 Å². The Hall–Kier alpha value is -2.89. The van der Waals surface area contributed by atoms with Crippen molar-refractivity contribution in [3.05, 3.63) is 60.9 Å². The fraction of sp³-hybridized carbons (Fsp3) is 0.133. The first-order valence-electron chi connectivity index (χ1n) is 6.44. The molecule has 6 heteroatoms. The van der Waals surface area contributed by atoms with E-state index in [9.17, 15) is 4.79 Å². The van der Waals surface area contributed by atoms with Crippen LogP contribution in [0.2, 0.25) is 0 Å². The number of hydrogen-bond donors (Lipinski definition) is 0. The number of fused-ring (bicyclic) bond motifs is 1. The number of nitrogens with zero attached hydrogens (tertiary/aromatic N) is 3. The van der Waals surface area contributed by atoms with E-state index in [1.54, 1.807) is 55.4 Å². The molecular formula is C15H13N3O3. The molecule has 0 amide bonds. The lowest BCUT2D eigenvalue weighted by Crippen LogP contribution is -2.12. The zero-order chi connectivity index (χ0) is 14.5. The second kappa shape index (κ2) is 6.04. The lowest BCUT2D eigenvalue weighted by atomic mass is 10.2. The van der Waals surface area contributed by atoms with Crippen molar-refractivity contribution in [3.8, 4) is 5.75 Å². The van der Waals surface area contributed by atoms with Gasteiger partial charge in [0.2, 0.25) is 0 Å². The van der Waals surface area contributed by atoms with E-state index >= 15 is 0 Å². The highest BCUT2D eigenvalue weighted by atomic mass is 16.6. The molecule has 0 saturated heterocycles. The standard InChI is InChI=1S/C15H13N3O3/c19-15(12-3-5-18-11-17-9-13(18)8-12)21-7-6-20-14-2-1-4-16-10-14/h1-5,8-11H,6-7H2. The van der Waals surface area contributed by atoms with Crippen LogP contribution >= 0.6 is 0 Å². The monoisotopic (exact) mass is 283 g/mol. The number of esters is 1. The average molecular weight is 283 g/mol. The number of carbonyl (C=O) groups excluding carboxylic acids is 1. The minimum absolute atomic E-state index is 0.179. The summed E-state index contributed by atoms with van der Waals surface area (Å²) in [4.78, 5) is 19.8. The number of carbonyl (C=O) groups is 1. The molecule has 0 aliphatic carbocycles. The van der Waals surface area contributed by atoms with Crippen molar-refractivity contribution in [2.45, 2.75) is 0 Å². The lowest BCUT2D eigenvalue weighted by molar-refractivity contribution is 0.0450. The van der Waals surface area contributed by atoms with Crippen LogP contribution in [0.1, 0.15) is 10.4 Å². The summed E-state index contributed by atoms with van der Waals surface area (Å²) in [7, 11) is 0. The first-order valence-corrected chi connectivity index (χ1v) is 6.44. The van der Waals surface area contributed by atoms with Gasteiger partial charge in [0.15, 0.2) is 0 Å². The van der Waals surface area contributed by atoms with Crippen LogP contribution in [0.4, 0.5) is 0 Å². The Bertz CT molecular complexity index is 740. The fourth-order valence-electron chi connectivity index (χ4n) is 1.86. The molecule has 0 aromatic carbocycles. The molecular weight excluding hydrogens is 270 g/mol. The van der Waals surface area contributed by atoms with Gasteiger partial charge in [0.1, 0.15) is 19.0 Å². The van der Waals surface area contributed by atoms with E-state index < -0.39 is 0 Å². The Morgan fingerprint density at radius 3 is 3.00 bits per heavy atom. The molecule has 6 nitrogen and oxygen atoms in total. The van der Waals surface area contributed by atoms with Gasteiger partial charge in [-0.05, 0) is 24.3 Å². The van der Waals surface area contributed by atoms with Crippen LogP contribution < -0.4 is 4.74 Å². The molecule has 0 N–H and O–H groups in total. The smallest absolute Gasteiger partial charge is 0.338 e. The summed E-state index contributed by atoms with van der Waals surface area (Å²) in [5, 5.41) is 0. The third-order valence-corrected chi connectivity index (χ3v) is 2.87. The first-order chi connectivity index (χ1) is 10.3. The minimum atomic E-state index is -0.381. The van der Waals surface area contributed by atoms with Crippen LogP contribution in [0.3, 0.4) is 0 Å². The summed E-state index contributed by atoms with van der Waals surface area (Å²) in [5.41, 5.74) is 1.33. The maximum atomic E-state index is 11.9. The summed E-state index contributed by atoms with van der Waals surface area (Å²) in [6, 6.07) is 7.00. The number of rotatable bonds is 5. The van der Waals surface area contributed by atoms with E-state index in [4.69, 9.17) is 9.47 Å². The molecule has 3 aromatic heterocycles. The molecule has 0 radical (unpaired) electrons. The molecule has 3 rings (SSSR count). The minimum Gasteiger partial charge on any atom is -0.488 e. The zero-order valence-corrected chi connectivity index (χ0v) is 11.2. The van der Waals surface area contributed by atoms with E-state index in [0.29, 0.717) is 11.3 Å². The summed E-state index contributed by atoms with van der Waals surface area (Å²) < 4.78 is 12.4. The highest BCUT2D eigenvalue weighted by Crippen LogP contribution is 2.09. The zero-order valence-electron chi connectivity index (χ0n) is 11.2. The van der Waals surface area contributed by atoms with Gasteiger partial charge in [0, 0.05) is 12.4 Å². The van der Waals surface area contributed by atoms with Crippen molar-refractivity contribution in [1.82, 2.24) is 14.4 Å². The van der Waals surface area contributed by atoms with Gasteiger partial charge < -0.3 is 13.9 Å². The molecule has 0 aliphatic heterocycles. The van der Waals surface area contributed by atoms with Crippen LogP contribution in [0.25, 0.3) is 5.52 Å². The Kier molecular flexibility index (Phi) is 3.77. The number of aromatic nitrogens is 3. The molecule has 0 bridgehead atoms. The van der Waals surface area contributed by atoms with Crippen LogP contribution in [-0.2, 0) is 4.74 Å². The van der Waals surface area contributed by atoms with E-state index in [1.165, 1.54) is 0 Å². The quantitative estimate of drug-likeness (QED) is 0.529. The maximum absolute atomic E-state index is 11.9. The number of pyridine rings is 2. The molecule has 0 unspecified atom stereocenters. The van der Waals surface area contributed by atoms with Crippen LogP contribution in [0.15, 0.2) is 55.4 Å². The van der Waals surface area contributed by atoms with E-state index in [0.717, 1.165) is 5.52 Å². The van der Waals surface area contributed by atoms with Gasteiger partial charge in [-0.2, -0.15) is 0 Å². The number of hydrogen-bond acceptors (Lipinski definition) is 5. The topological polar surface area (TPSA) is 65.7 Å². The van der Waals surface area contributed by atoms with E-state index in [2.05, 4.69) is 9.97 Å². The van der Waals surface area contributed by atoms with Crippen molar-refractivity contribution in [2.24, 2.45) is 0 Å². The second-order valence-corrected chi connectivity index (χ2v) is 4.31. The van der Waals surface area contributed by atoms with Gasteiger partial charge in [-0.15, -0.1) is 0 Å². The number of ether oxygens (including phenoxy) is 2. The van der Waals surface area contributed by atoms with Gasteiger partial charge in [0.05, 0.1) is 29.8 Å². The fourth-order valence-corrected chi connectivity index (χ4v) is 1.86. The highest BCUT2D eigenvalue weighted by molar-refractivity contribution is 5.90. The maximum Gasteiger partial charge on any atom is 0.338 e. The third-order valence-electron chi connectivity index (χ3n) is 2.87. The average Bonchev–Trinajstić information content (AvgIpc) is 3.00. The van der Waals surface area contributed by atoms with Gasteiger partial charge in [-0.1, -0.05) is 0 Å². The lowest BCUT2D eigenvalue weighted by Gasteiger charge is -2.07. The van der Waals surface area contributed by atoms with E-state index in [1.807, 2.05) is 4.40 Å². The van der Waals surface area contributed by atoms with Crippen molar-refractivity contribution in [3.63, 3.8) is 0 Å². The molecule has 0 aliphatic rings. The Labute approximate surface area is 121 Å². The second-order valence-electron chi connectivity index (χ2n) is 4.31. The molecule has 0 spiro atoms. The van der Waals surface area contributed by atoms with Gasteiger partial charge >= 0.3 is 5.97 Å². The summed E-state index contributed by atoms with van der Waals surface area (Å²) in [5.74, 6) is 0.266. The molecule has 0 atom stereocenters. The highest BCUT2D eigenvalue weighted by Gasteiger charge is 2.08. The summed E-state index contributed by atoms with van der Waals surface area (Å²) >= 11 is 0. The normalized spacial score (nSPS) is 10.5. The summed E-state index contributed by atoms with van der Waals surface area (Å²) in [6.45, 7) is 0.463. The molecule has 0 saturated carbocycles. The molecule has 3 heterocycles. The van der Waals surface area contributed by atoms with Crippen LogP contribution in [0, 0.1) is 0 Å². The Morgan fingerprint density at radius 1 is 1.19 bits per heavy atom. The number of imidazole rings is 1. The van der Waals surface area contributed by atoms with Crippen LogP contribution in [0.5, 0.6) is 5.75 Å². The Balaban J connectivity index is 1.52. The molecule has 0 fully saturated rings. The molecule has 3 aromatic rings. The molecule has 21 heavy (non-hydrogen) atoms. The Morgan fingerprint density at radius 2 is 2.14 bits per heavy atom. The first kappa shape index (κ1) is 13.1. The van der Waals surface area contributed by atoms with Crippen molar-refractivity contribution in [1.29, 1.82) is 0 Å². The predicted octanol–water partition coefficient (Wildman–Crippen LogP) is 1.97. The molecule has 106 valence electrons. The largest absolute Gasteiger partial charge is 0.488 e. The van der Waals surface area contributed by atoms with Gasteiger partial charge in [-0.25, -0.2) is 9.78 Å². The van der Waals surface area contributed by atoms with E-state index in [-0.39, 0.29) is 19.2 Å². The predicted molar refractivity (Wildman–Crippen MR) is 75.2 cm³/mol. The van der Waals surface area contributed by atoms with Crippen molar-refractivity contribution in [2.75, 3.05) is 13.2 Å².